The number of hydrogen-bond acceptors (Lipinski definition) is 4. The Labute approximate surface area is 131 Å². The van der Waals surface area contributed by atoms with Crippen LogP contribution in [0.25, 0.3) is 0 Å². The van der Waals surface area contributed by atoms with Gasteiger partial charge in [0.2, 0.25) is 0 Å². The lowest BCUT2D eigenvalue weighted by Crippen LogP contribution is -3.00. The number of amides is 1. The van der Waals surface area contributed by atoms with Crippen LogP contribution in [-0.4, -0.2) is 25.7 Å². The Kier molecular flexibility index (Phi) is 7.32. The largest absolute Gasteiger partial charge is 1.00 e. The molecule has 0 atom stereocenters. The number of carbonyl (C=O) groups is 1. The van der Waals surface area contributed by atoms with Crippen LogP contribution in [0.5, 0.6) is 11.5 Å². The van der Waals surface area contributed by atoms with Gasteiger partial charge in [-0.05, 0) is 18.9 Å². The quantitative estimate of drug-likeness (QED) is 0.649. The fourth-order valence-electron chi connectivity index (χ4n) is 2.55. The Morgan fingerprint density at radius 1 is 1.38 bits per heavy atom. The molecule has 1 aliphatic rings. The van der Waals surface area contributed by atoms with Crippen LogP contribution < -0.4 is 32.9 Å². The summed E-state index contributed by atoms with van der Waals surface area (Å²) in [5.74, 6) is 0.724. The Bertz CT molecular complexity index is 462. The number of nitrogens with one attached hydrogen (secondary N) is 1. The minimum atomic E-state index is -0.495. The number of hydrogen-bond donors (Lipinski definition) is 2. The molecule has 1 amide bonds. The van der Waals surface area contributed by atoms with E-state index in [9.17, 15) is 4.79 Å². The highest BCUT2D eigenvalue weighted by atomic mass is 35.5. The number of benzene rings is 1. The molecule has 21 heavy (non-hydrogen) atoms. The molecule has 0 spiro atoms. The van der Waals surface area contributed by atoms with Crippen molar-refractivity contribution < 1.29 is 26.7 Å². The topological polar surface area (TPSA) is 73.6 Å². The van der Waals surface area contributed by atoms with E-state index in [1.54, 1.807) is 7.11 Å². The van der Waals surface area contributed by atoms with Gasteiger partial charge in [-0.3, -0.25) is 4.79 Å². The van der Waals surface area contributed by atoms with Gasteiger partial charge in [0.1, 0.15) is 0 Å². The molecule has 118 valence electrons. The summed E-state index contributed by atoms with van der Waals surface area (Å²) in [5, 5.41) is 3.53. The van der Waals surface area contributed by atoms with E-state index < -0.39 is 5.91 Å². The molecule has 1 fully saturated rings. The molecule has 0 heterocycles. The predicted octanol–water partition coefficient (Wildman–Crippen LogP) is -1.40. The molecule has 0 aliphatic heterocycles. The Morgan fingerprint density at radius 3 is 2.71 bits per heavy atom. The third-order valence-electron chi connectivity index (χ3n) is 3.58. The minimum absolute atomic E-state index is 0. The minimum Gasteiger partial charge on any atom is -1.00 e. The zero-order chi connectivity index (χ0) is 14.4. The lowest BCUT2D eigenvalue weighted by atomic mass is 10.1. The number of para-hydroxylation sites is 1. The first kappa shape index (κ1) is 17.6. The van der Waals surface area contributed by atoms with Crippen molar-refractivity contribution in [2.75, 3.05) is 13.7 Å². The van der Waals surface area contributed by atoms with Crippen molar-refractivity contribution in [2.45, 2.75) is 38.3 Å². The van der Waals surface area contributed by atoms with Crippen LogP contribution in [-0.2, 0) is 11.3 Å². The van der Waals surface area contributed by atoms with Crippen molar-refractivity contribution in [3.8, 4) is 11.5 Å². The summed E-state index contributed by atoms with van der Waals surface area (Å²) in [6.07, 6.45) is 5.03. The smallest absolute Gasteiger partial charge is 0.255 e. The van der Waals surface area contributed by atoms with Crippen LogP contribution >= 0.6 is 0 Å². The Morgan fingerprint density at radius 2 is 2.10 bits per heavy atom. The number of methoxy groups -OCH3 is 1. The monoisotopic (exact) mass is 313 g/mol. The van der Waals surface area contributed by atoms with Gasteiger partial charge in [-0.25, -0.2) is 0 Å². The van der Waals surface area contributed by atoms with Crippen molar-refractivity contribution in [3.05, 3.63) is 23.8 Å². The Hall–Kier alpha value is -1.46. The van der Waals surface area contributed by atoms with E-state index >= 15 is 0 Å². The second-order valence-electron chi connectivity index (χ2n) is 5.07. The zero-order valence-corrected chi connectivity index (χ0v) is 13.0. The number of nitrogens with two attached hydrogens (primary N) is 1. The SMILES string of the molecule is COc1cccc(CNC2CCCC2)c1OCC(N)=O.[Cl-]. The van der Waals surface area contributed by atoms with Crippen molar-refractivity contribution >= 4 is 5.91 Å². The number of rotatable bonds is 7. The predicted molar refractivity (Wildman–Crippen MR) is 76.8 cm³/mol. The third kappa shape index (κ3) is 5.10. The maximum Gasteiger partial charge on any atom is 0.255 e. The summed E-state index contributed by atoms with van der Waals surface area (Å²) in [4.78, 5) is 10.9. The molecule has 0 saturated heterocycles. The first-order valence-electron chi connectivity index (χ1n) is 7.01. The third-order valence-corrected chi connectivity index (χ3v) is 3.58. The van der Waals surface area contributed by atoms with Crippen molar-refractivity contribution in [3.63, 3.8) is 0 Å². The number of ether oxygens (including phenoxy) is 2. The van der Waals surface area contributed by atoms with E-state index in [4.69, 9.17) is 15.2 Å². The van der Waals surface area contributed by atoms with Crippen LogP contribution in [0.4, 0.5) is 0 Å². The molecule has 0 aromatic heterocycles. The average molecular weight is 314 g/mol. The van der Waals surface area contributed by atoms with Crippen LogP contribution in [0, 0.1) is 0 Å². The Balaban J connectivity index is 0.00000220. The highest BCUT2D eigenvalue weighted by Crippen LogP contribution is 2.31. The lowest BCUT2D eigenvalue weighted by molar-refractivity contribution is -0.119. The fourth-order valence-corrected chi connectivity index (χ4v) is 2.55. The van der Waals surface area contributed by atoms with E-state index in [-0.39, 0.29) is 19.0 Å². The van der Waals surface area contributed by atoms with Gasteiger partial charge in [0.25, 0.3) is 5.91 Å². The van der Waals surface area contributed by atoms with Crippen LogP contribution in [0.3, 0.4) is 0 Å². The molecule has 1 aromatic carbocycles. The summed E-state index contributed by atoms with van der Waals surface area (Å²) < 4.78 is 10.8. The maximum absolute atomic E-state index is 10.9. The van der Waals surface area contributed by atoms with E-state index in [0.29, 0.717) is 24.1 Å². The molecule has 1 saturated carbocycles. The van der Waals surface area contributed by atoms with E-state index in [1.807, 2.05) is 18.2 Å². The molecule has 2 rings (SSSR count). The number of halogens is 1. The molecule has 0 bridgehead atoms. The van der Waals surface area contributed by atoms with Gasteiger partial charge >= 0.3 is 0 Å². The second-order valence-corrected chi connectivity index (χ2v) is 5.07. The van der Waals surface area contributed by atoms with Crippen molar-refractivity contribution in [1.82, 2.24) is 5.32 Å². The fraction of sp³-hybridized carbons (Fsp3) is 0.533. The molecule has 6 heteroatoms. The van der Waals surface area contributed by atoms with Gasteiger partial charge in [0.15, 0.2) is 18.1 Å². The van der Waals surface area contributed by atoms with Crippen LogP contribution in [0.2, 0.25) is 0 Å². The van der Waals surface area contributed by atoms with E-state index in [1.165, 1.54) is 25.7 Å². The van der Waals surface area contributed by atoms with E-state index in [0.717, 1.165) is 5.56 Å². The summed E-state index contributed by atoms with van der Waals surface area (Å²) in [5.41, 5.74) is 6.12. The molecular formula is C15H22ClN2O3-. The second kappa shape index (κ2) is 8.74. The zero-order valence-electron chi connectivity index (χ0n) is 12.2. The molecule has 3 N–H and O–H groups in total. The normalized spacial score (nSPS) is 14.5. The molecular weight excluding hydrogens is 292 g/mol. The first-order chi connectivity index (χ1) is 9.70. The van der Waals surface area contributed by atoms with Crippen LogP contribution in [0.1, 0.15) is 31.2 Å². The molecule has 1 aliphatic carbocycles. The number of carbonyl (C=O) groups excluding carboxylic acids is 1. The summed E-state index contributed by atoms with van der Waals surface area (Å²) in [6, 6.07) is 6.28. The van der Waals surface area contributed by atoms with Gasteiger partial charge < -0.3 is 32.9 Å². The summed E-state index contributed by atoms with van der Waals surface area (Å²) in [6.45, 7) is 0.562. The standard InChI is InChI=1S/C15H22N2O3.ClH/c1-19-13-8-4-5-11(15(13)20-10-14(16)18)9-17-12-6-2-3-7-12;/h4-5,8,12,17H,2-3,6-7,9-10H2,1H3,(H2,16,18);1H/p-1. The molecule has 5 nitrogen and oxygen atoms in total. The summed E-state index contributed by atoms with van der Waals surface area (Å²) >= 11 is 0. The first-order valence-corrected chi connectivity index (χ1v) is 7.01. The van der Waals surface area contributed by atoms with Gasteiger partial charge in [-0.2, -0.15) is 0 Å². The van der Waals surface area contributed by atoms with Gasteiger partial charge in [0.05, 0.1) is 7.11 Å². The summed E-state index contributed by atoms with van der Waals surface area (Å²) in [7, 11) is 1.58. The van der Waals surface area contributed by atoms with Crippen molar-refractivity contribution in [1.29, 1.82) is 0 Å². The maximum atomic E-state index is 10.9. The molecule has 0 unspecified atom stereocenters. The number of primary amides is 1. The van der Waals surface area contributed by atoms with Crippen molar-refractivity contribution in [2.24, 2.45) is 5.73 Å². The lowest BCUT2D eigenvalue weighted by Gasteiger charge is -2.17. The average Bonchev–Trinajstić information content (AvgIpc) is 2.96. The van der Waals surface area contributed by atoms with Gasteiger partial charge in [0, 0.05) is 18.2 Å². The molecule has 1 aromatic rings. The highest BCUT2D eigenvalue weighted by molar-refractivity contribution is 5.75. The van der Waals surface area contributed by atoms with Gasteiger partial charge in [-0.15, -0.1) is 0 Å². The van der Waals surface area contributed by atoms with Gasteiger partial charge in [-0.1, -0.05) is 25.0 Å². The van der Waals surface area contributed by atoms with Crippen LogP contribution in [0.15, 0.2) is 18.2 Å². The highest BCUT2D eigenvalue weighted by Gasteiger charge is 2.16. The molecule has 0 radical (unpaired) electrons. The van der Waals surface area contributed by atoms with E-state index in [2.05, 4.69) is 5.32 Å².